The van der Waals surface area contributed by atoms with E-state index in [1.165, 1.54) is 6.42 Å². The van der Waals surface area contributed by atoms with Crippen LogP contribution in [0.1, 0.15) is 37.8 Å². The molecule has 1 aromatic rings. The number of hydrogen-bond donors (Lipinski definition) is 3. The third-order valence-electron chi connectivity index (χ3n) is 4.43. The van der Waals surface area contributed by atoms with Crippen molar-refractivity contribution in [1.29, 1.82) is 0 Å². The third kappa shape index (κ3) is 7.69. The first kappa shape index (κ1) is 23.6. The van der Waals surface area contributed by atoms with Crippen LogP contribution >= 0.6 is 39.9 Å². The zero-order valence-electron chi connectivity index (χ0n) is 15.2. The Morgan fingerprint density at radius 3 is 2.62 bits per heavy atom. The average Bonchev–Trinajstić information content (AvgIpc) is 2.52. The molecule has 0 radical (unpaired) electrons. The molecule has 1 unspecified atom stereocenters. The van der Waals surface area contributed by atoms with Gasteiger partial charge in [-0.25, -0.2) is 13.1 Å². The van der Waals surface area contributed by atoms with Gasteiger partial charge in [0.15, 0.2) is 5.96 Å². The van der Waals surface area contributed by atoms with Crippen molar-refractivity contribution in [3.63, 3.8) is 0 Å². The molecular weight excluding hydrogens is 531 g/mol. The van der Waals surface area contributed by atoms with Crippen molar-refractivity contribution in [1.82, 2.24) is 15.4 Å². The van der Waals surface area contributed by atoms with Gasteiger partial charge in [0.2, 0.25) is 10.0 Å². The van der Waals surface area contributed by atoms with Gasteiger partial charge in [0.05, 0.1) is 11.8 Å². The fourth-order valence-electron chi connectivity index (χ4n) is 2.62. The second-order valence-electron chi connectivity index (χ2n) is 6.35. The fraction of sp³-hybridized carbons (Fsp3) is 0.588. The fourth-order valence-corrected chi connectivity index (χ4v) is 4.25. The summed E-state index contributed by atoms with van der Waals surface area (Å²) in [4.78, 5) is 4.16. The lowest BCUT2D eigenvalue weighted by Gasteiger charge is -2.25. The lowest BCUT2D eigenvalue weighted by Crippen LogP contribution is -2.42. The van der Waals surface area contributed by atoms with Crippen molar-refractivity contribution >= 4 is 55.9 Å². The van der Waals surface area contributed by atoms with Gasteiger partial charge < -0.3 is 10.6 Å². The average molecular weight is 559 g/mol. The number of halogens is 2. The molecule has 1 aliphatic rings. The summed E-state index contributed by atoms with van der Waals surface area (Å²) < 4.78 is 27.7. The monoisotopic (exact) mass is 558 g/mol. The van der Waals surface area contributed by atoms with Gasteiger partial charge in [-0.1, -0.05) is 40.5 Å². The normalized spacial score (nSPS) is 16.3. The summed E-state index contributed by atoms with van der Waals surface area (Å²) in [7, 11) is -1.57. The molecule has 26 heavy (non-hydrogen) atoms. The minimum absolute atomic E-state index is 0. The summed E-state index contributed by atoms with van der Waals surface area (Å²) in [6.07, 6.45) is 3.47. The van der Waals surface area contributed by atoms with Crippen molar-refractivity contribution < 1.29 is 8.42 Å². The van der Waals surface area contributed by atoms with Gasteiger partial charge in [-0.15, -0.1) is 24.0 Å². The van der Waals surface area contributed by atoms with E-state index in [9.17, 15) is 8.42 Å². The highest BCUT2D eigenvalue weighted by atomic mass is 127. The second-order valence-corrected chi connectivity index (χ2v) is 9.13. The molecule has 1 atom stereocenters. The van der Waals surface area contributed by atoms with E-state index in [1.807, 2.05) is 31.2 Å². The number of aliphatic imine (C=N–C) groups is 1. The molecule has 9 heteroatoms. The van der Waals surface area contributed by atoms with E-state index in [-0.39, 0.29) is 35.8 Å². The van der Waals surface area contributed by atoms with E-state index < -0.39 is 10.0 Å². The highest BCUT2D eigenvalue weighted by molar-refractivity contribution is 14.0. The van der Waals surface area contributed by atoms with Crippen LogP contribution in [0.25, 0.3) is 0 Å². The summed E-state index contributed by atoms with van der Waals surface area (Å²) in [5, 5.41) is 6.34. The number of rotatable bonds is 8. The predicted molar refractivity (Wildman–Crippen MR) is 122 cm³/mol. The van der Waals surface area contributed by atoms with E-state index in [4.69, 9.17) is 0 Å². The van der Waals surface area contributed by atoms with Crippen LogP contribution in [0.15, 0.2) is 33.7 Å². The zero-order chi connectivity index (χ0) is 18.3. The van der Waals surface area contributed by atoms with Crippen LogP contribution in [0.4, 0.5) is 0 Å². The molecule has 0 aromatic heterocycles. The van der Waals surface area contributed by atoms with Crippen LogP contribution < -0.4 is 15.4 Å². The van der Waals surface area contributed by atoms with Gasteiger partial charge in [0, 0.05) is 24.6 Å². The second kappa shape index (κ2) is 11.5. The van der Waals surface area contributed by atoms with Crippen LogP contribution in [0.3, 0.4) is 0 Å². The molecule has 6 nitrogen and oxygen atoms in total. The quantitative estimate of drug-likeness (QED) is 0.260. The highest BCUT2D eigenvalue weighted by Gasteiger charge is 2.20. The lowest BCUT2D eigenvalue weighted by atomic mass is 9.86. The van der Waals surface area contributed by atoms with Crippen LogP contribution in [0.5, 0.6) is 0 Å². The standard InChI is InChI=1S/C17H27BrN4O2S.HI/c1-13(15-8-3-4-9-16(15)18)22-17(19-2)20-10-11-25(23,24)21-12-14-6-5-7-14;/h3-4,8-9,13-14,21H,5-7,10-12H2,1-2H3,(H2,19,20,22);1H. The Bertz CT molecular complexity index is 696. The molecule has 0 saturated heterocycles. The third-order valence-corrected chi connectivity index (χ3v) is 6.50. The summed E-state index contributed by atoms with van der Waals surface area (Å²) >= 11 is 3.54. The summed E-state index contributed by atoms with van der Waals surface area (Å²) in [6, 6.07) is 8.01. The van der Waals surface area contributed by atoms with Crippen LogP contribution in [-0.2, 0) is 10.0 Å². The van der Waals surface area contributed by atoms with Gasteiger partial charge in [-0.05, 0) is 37.3 Å². The first-order valence-electron chi connectivity index (χ1n) is 8.60. The predicted octanol–water partition coefficient (Wildman–Crippen LogP) is 3.01. The minimum atomic E-state index is -3.25. The molecule has 1 saturated carbocycles. The maximum absolute atomic E-state index is 12.0. The molecule has 0 amide bonds. The molecule has 1 aliphatic carbocycles. The molecule has 148 valence electrons. The van der Waals surface area contributed by atoms with E-state index in [2.05, 4.69) is 36.3 Å². The van der Waals surface area contributed by atoms with E-state index in [1.54, 1.807) is 7.05 Å². The SMILES string of the molecule is CN=C(NCCS(=O)(=O)NCC1CCC1)NC(C)c1ccccc1Br.I. The zero-order valence-corrected chi connectivity index (χ0v) is 19.9. The topological polar surface area (TPSA) is 82.6 Å². The summed E-state index contributed by atoms with van der Waals surface area (Å²) in [5.74, 6) is 1.13. The van der Waals surface area contributed by atoms with Crippen LogP contribution in [0, 0.1) is 5.92 Å². The number of nitrogens with one attached hydrogen (secondary N) is 3. The van der Waals surface area contributed by atoms with E-state index >= 15 is 0 Å². The van der Waals surface area contributed by atoms with Crippen LogP contribution in [0.2, 0.25) is 0 Å². The van der Waals surface area contributed by atoms with Gasteiger partial charge in [-0.3, -0.25) is 4.99 Å². The Kier molecular flexibility index (Phi) is 10.4. The first-order valence-corrected chi connectivity index (χ1v) is 11.0. The van der Waals surface area contributed by atoms with Crippen molar-refractivity contribution in [3.05, 3.63) is 34.3 Å². The first-order chi connectivity index (χ1) is 11.9. The van der Waals surface area contributed by atoms with Crippen LogP contribution in [-0.4, -0.2) is 40.3 Å². The Balaban J connectivity index is 0.00000338. The molecule has 0 bridgehead atoms. The molecule has 0 aliphatic heterocycles. The number of nitrogens with zero attached hydrogens (tertiary/aromatic N) is 1. The number of hydrogen-bond acceptors (Lipinski definition) is 3. The summed E-state index contributed by atoms with van der Waals surface area (Å²) in [5.41, 5.74) is 1.11. The van der Waals surface area contributed by atoms with Crippen molar-refractivity contribution in [2.45, 2.75) is 32.2 Å². The molecule has 2 rings (SSSR count). The maximum Gasteiger partial charge on any atom is 0.213 e. The van der Waals surface area contributed by atoms with Gasteiger partial charge in [-0.2, -0.15) is 0 Å². The Labute approximate surface area is 182 Å². The Morgan fingerprint density at radius 2 is 2.04 bits per heavy atom. The van der Waals surface area contributed by atoms with Gasteiger partial charge >= 0.3 is 0 Å². The highest BCUT2D eigenvalue weighted by Crippen LogP contribution is 2.25. The van der Waals surface area contributed by atoms with Gasteiger partial charge in [0.25, 0.3) is 0 Å². The molecular formula is C17H28BrIN4O2S. The molecule has 0 spiro atoms. The number of guanidine groups is 1. The van der Waals surface area contributed by atoms with Gasteiger partial charge in [0.1, 0.15) is 0 Å². The van der Waals surface area contributed by atoms with E-state index in [0.717, 1.165) is 22.9 Å². The minimum Gasteiger partial charge on any atom is -0.355 e. The molecule has 1 aromatic carbocycles. The van der Waals surface area contributed by atoms with E-state index in [0.29, 0.717) is 25.0 Å². The Hall–Kier alpha value is -0.390. The summed E-state index contributed by atoms with van der Waals surface area (Å²) in [6.45, 7) is 2.90. The maximum atomic E-state index is 12.0. The molecule has 0 heterocycles. The van der Waals surface area contributed by atoms with Crippen molar-refractivity contribution in [2.75, 3.05) is 25.9 Å². The molecule has 3 N–H and O–H groups in total. The lowest BCUT2D eigenvalue weighted by molar-refractivity contribution is 0.316. The molecule has 1 fully saturated rings. The number of benzene rings is 1. The number of sulfonamides is 1. The largest absolute Gasteiger partial charge is 0.355 e. The van der Waals surface area contributed by atoms with Crippen molar-refractivity contribution in [3.8, 4) is 0 Å². The smallest absolute Gasteiger partial charge is 0.213 e. The Morgan fingerprint density at radius 1 is 1.35 bits per heavy atom. The van der Waals surface area contributed by atoms with Crippen molar-refractivity contribution in [2.24, 2.45) is 10.9 Å².